The Morgan fingerprint density at radius 1 is 1.26 bits per heavy atom. The lowest BCUT2D eigenvalue weighted by Gasteiger charge is -1.94. The van der Waals surface area contributed by atoms with E-state index in [0.29, 0.717) is 20.8 Å². The van der Waals surface area contributed by atoms with Crippen molar-refractivity contribution in [2.24, 2.45) is 0 Å². The number of thiophene rings is 2. The molecule has 10 nitrogen and oxygen atoms in total. The number of carbonyl (C=O) groups excluding carboxylic acids is 1. The number of ether oxygens (including phenoxy) is 1. The fourth-order valence-corrected chi connectivity index (χ4v) is 2.90. The second-order valence-electron chi connectivity index (χ2n) is 4.27. The summed E-state index contributed by atoms with van der Waals surface area (Å²) in [6, 6.07) is 3.32. The van der Waals surface area contributed by atoms with Gasteiger partial charge in [-0.3, -0.25) is 14.8 Å². The SMILES string of the molecule is COC(=O)c1ccsc1N.O=c1[nH]c(=O)c2ccsc2[nH]1.[C-]#[N+]S(=O)(=O)Cl. The molecule has 3 rings (SSSR count). The topological polar surface area (TPSA) is 157 Å². The number of aromatic nitrogens is 2. The van der Waals surface area contributed by atoms with Crippen molar-refractivity contribution in [3.05, 3.63) is 60.1 Å². The molecule has 0 aliphatic carbocycles. The van der Waals surface area contributed by atoms with Gasteiger partial charge in [-0.25, -0.2) is 16.2 Å². The van der Waals surface area contributed by atoms with E-state index < -0.39 is 14.9 Å². The Bertz CT molecular complexity index is 1180. The molecule has 3 aromatic heterocycles. The number of carbonyl (C=O) groups is 1. The van der Waals surface area contributed by atoms with E-state index in [2.05, 4.69) is 25.4 Å². The molecular formula is C13H11ClN4O6S3. The molecular weight excluding hydrogens is 440 g/mol. The summed E-state index contributed by atoms with van der Waals surface area (Å²) < 4.78 is 25.3. The number of halogens is 1. The summed E-state index contributed by atoms with van der Waals surface area (Å²) in [7, 11) is 1.77. The molecule has 0 saturated heterocycles. The first kappa shape index (κ1) is 22.4. The highest BCUT2D eigenvalue weighted by atomic mass is 35.7. The molecule has 0 saturated carbocycles. The average molecular weight is 451 g/mol. The number of nitrogens with two attached hydrogens (primary N) is 1. The van der Waals surface area contributed by atoms with Crippen LogP contribution in [0.1, 0.15) is 10.4 Å². The highest BCUT2D eigenvalue weighted by Gasteiger charge is 2.09. The number of hydrogen-bond donors (Lipinski definition) is 3. The van der Waals surface area contributed by atoms with Crippen LogP contribution in [0.25, 0.3) is 14.5 Å². The summed E-state index contributed by atoms with van der Waals surface area (Å²) in [5.41, 5.74) is 5.10. The molecule has 0 unspecified atom stereocenters. The number of anilines is 1. The number of methoxy groups -OCH3 is 1. The lowest BCUT2D eigenvalue weighted by Crippen LogP contribution is -2.20. The van der Waals surface area contributed by atoms with Crippen molar-refractivity contribution in [2.45, 2.75) is 0 Å². The van der Waals surface area contributed by atoms with Crippen LogP contribution in [-0.2, 0) is 14.0 Å². The zero-order valence-electron chi connectivity index (χ0n) is 13.4. The van der Waals surface area contributed by atoms with Crippen LogP contribution >= 0.6 is 33.4 Å². The molecule has 14 heteroatoms. The van der Waals surface area contributed by atoms with Gasteiger partial charge in [-0.2, -0.15) is 4.25 Å². The van der Waals surface area contributed by atoms with E-state index in [1.807, 2.05) is 4.25 Å². The standard InChI is InChI=1S/C6H4N2O2S.C6H7NO2S.CClNO2S/c9-4-3-1-2-11-5(3)8-6(10)7-4;1-9-6(8)4-2-3-10-5(4)7;1-3-6(2,4)5/h1-2H,(H2,7,8,9,10);2-3H,7H2,1H3;. The van der Waals surface area contributed by atoms with Crippen LogP contribution in [0.4, 0.5) is 5.00 Å². The smallest absolute Gasteiger partial charge is 0.465 e. The third-order valence-corrected chi connectivity index (χ3v) is 4.57. The van der Waals surface area contributed by atoms with Gasteiger partial charge in [0.05, 0.1) is 18.1 Å². The number of esters is 1. The molecule has 0 aliphatic rings. The third kappa shape index (κ3) is 7.23. The van der Waals surface area contributed by atoms with Crippen LogP contribution in [-0.4, -0.2) is 31.5 Å². The normalized spacial score (nSPS) is 9.96. The summed E-state index contributed by atoms with van der Waals surface area (Å²) in [6.45, 7) is 5.76. The van der Waals surface area contributed by atoms with Gasteiger partial charge in [-0.1, -0.05) is 0 Å². The number of hydrogen-bond acceptors (Lipinski definition) is 9. The van der Waals surface area contributed by atoms with Gasteiger partial charge in [-0.15, -0.1) is 31.1 Å². The van der Waals surface area contributed by atoms with Gasteiger partial charge in [0.2, 0.25) is 0 Å². The van der Waals surface area contributed by atoms with E-state index in [0.717, 1.165) is 0 Å². The fourth-order valence-electron chi connectivity index (χ4n) is 1.49. The van der Waals surface area contributed by atoms with Crippen molar-refractivity contribution in [3.8, 4) is 0 Å². The van der Waals surface area contributed by atoms with Crippen molar-refractivity contribution >= 4 is 63.8 Å². The van der Waals surface area contributed by atoms with Crippen molar-refractivity contribution in [1.82, 2.24) is 9.97 Å². The van der Waals surface area contributed by atoms with E-state index in [1.54, 1.807) is 22.9 Å². The number of nitrogens with one attached hydrogen (secondary N) is 2. The van der Waals surface area contributed by atoms with Gasteiger partial charge in [0.15, 0.2) is 0 Å². The number of nitrogen functional groups attached to an aromatic ring is 1. The maximum Gasteiger partial charge on any atom is 0.535 e. The predicted molar refractivity (Wildman–Crippen MR) is 105 cm³/mol. The molecule has 0 bridgehead atoms. The van der Waals surface area contributed by atoms with Crippen LogP contribution in [0.2, 0.25) is 0 Å². The number of aromatic amines is 2. The van der Waals surface area contributed by atoms with Gasteiger partial charge < -0.3 is 10.5 Å². The molecule has 0 amide bonds. The Balaban J connectivity index is 0.000000213. The number of H-pyrrole nitrogens is 2. The van der Waals surface area contributed by atoms with Crippen molar-refractivity contribution in [2.75, 3.05) is 12.8 Å². The van der Waals surface area contributed by atoms with Crippen LogP contribution < -0.4 is 17.0 Å². The first-order valence-electron chi connectivity index (χ1n) is 6.53. The summed E-state index contributed by atoms with van der Waals surface area (Å²) in [4.78, 5) is 37.8. The van der Waals surface area contributed by atoms with Crippen molar-refractivity contribution in [1.29, 1.82) is 0 Å². The number of fused-ring (bicyclic) bond motifs is 1. The summed E-state index contributed by atoms with van der Waals surface area (Å²) >= 11 is 2.67. The fraction of sp³-hybridized carbons (Fsp3) is 0.0769. The third-order valence-electron chi connectivity index (χ3n) is 2.57. The molecule has 0 fully saturated rings. The van der Waals surface area contributed by atoms with E-state index >= 15 is 0 Å². The van der Waals surface area contributed by atoms with E-state index in [9.17, 15) is 22.8 Å². The Kier molecular flexibility index (Phi) is 8.19. The highest BCUT2D eigenvalue weighted by Crippen LogP contribution is 2.19. The quantitative estimate of drug-likeness (QED) is 0.289. The van der Waals surface area contributed by atoms with Gasteiger partial charge in [0.1, 0.15) is 20.5 Å². The molecule has 3 aromatic rings. The van der Waals surface area contributed by atoms with E-state index in [1.165, 1.54) is 29.8 Å². The summed E-state index contributed by atoms with van der Waals surface area (Å²) in [6.07, 6.45) is 0. The number of rotatable bonds is 1. The minimum absolute atomic E-state index is 0.329. The molecule has 27 heavy (non-hydrogen) atoms. The largest absolute Gasteiger partial charge is 0.535 e. The lowest BCUT2D eigenvalue weighted by molar-refractivity contribution is 0.0602. The highest BCUT2D eigenvalue weighted by molar-refractivity contribution is 8.15. The molecule has 144 valence electrons. The van der Waals surface area contributed by atoms with Crippen molar-refractivity contribution < 1.29 is 17.9 Å². The van der Waals surface area contributed by atoms with Gasteiger partial charge in [0.25, 0.3) is 5.56 Å². The second kappa shape index (κ2) is 9.88. The summed E-state index contributed by atoms with van der Waals surface area (Å²) in [5.74, 6) is -0.376. The first-order valence-corrected chi connectivity index (χ1v) is 10.6. The molecule has 0 aliphatic heterocycles. The molecule has 0 atom stereocenters. The monoisotopic (exact) mass is 450 g/mol. The lowest BCUT2D eigenvalue weighted by atomic mass is 10.3. The Labute approximate surface area is 164 Å². The van der Waals surface area contributed by atoms with Gasteiger partial charge in [-0.05, 0) is 22.9 Å². The van der Waals surface area contributed by atoms with Crippen molar-refractivity contribution in [3.63, 3.8) is 0 Å². The zero-order valence-corrected chi connectivity index (χ0v) is 16.6. The molecule has 0 radical (unpaired) electrons. The molecule has 3 heterocycles. The van der Waals surface area contributed by atoms with E-state index in [4.69, 9.17) is 12.3 Å². The zero-order chi connectivity index (χ0) is 20.6. The second-order valence-corrected chi connectivity index (χ2v) is 8.31. The Morgan fingerprint density at radius 2 is 1.85 bits per heavy atom. The average Bonchev–Trinajstić information content (AvgIpc) is 3.23. The molecule has 0 aromatic carbocycles. The maximum atomic E-state index is 11.0. The van der Waals surface area contributed by atoms with E-state index in [-0.39, 0.29) is 11.5 Å². The minimum atomic E-state index is -3.90. The van der Waals surface area contributed by atoms with Crippen LogP contribution in [0.3, 0.4) is 0 Å². The van der Waals surface area contributed by atoms with Crippen LogP contribution in [0.5, 0.6) is 0 Å². The first-order chi connectivity index (χ1) is 12.6. The number of nitrogens with zero attached hydrogens (tertiary/aromatic N) is 1. The Hall–Kier alpha value is -2.66. The summed E-state index contributed by atoms with van der Waals surface area (Å²) in [5, 5.41) is 4.55. The molecule has 0 spiro atoms. The van der Waals surface area contributed by atoms with Crippen LogP contribution in [0, 0.1) is 6.57 Å². The minimum Gasteiger partial charge on any atom is -0.465 e. The Morgan fingerprint density at radius 3 is 2.33 bits per heavy atom. The maximum absolute atomic E-state index is 11.0. The predicted octanol–water partition coefficient (Wildman–Crippen LogP) is 1.78. The van der Waals surface area contributed by atoms with Crippen LogP contribution in [0.15, 0.2) is 32.5 Å². The van der Waals surface area contributed by atoms with Gasteiger partial charge in [0, 0.05) is 0 Å². The molecule has 4 N–H and O–H groups in total. The van der Waals surface area contributed by atoms with Gasteiger partial charge >= 0.3 is 20.9 Å².